The van der Waals surface area contributed by atoms with Crippen LogP contribution in [0.15, 0.2) is 57.8 Å². The summed E-state index contributed by atoms with van der Waals surface area (Å²) in [6.07, 6.45) is 0. The van der Waals surface area contributed by atoms with Gasteiger partial charge in [0.15, 0.2) is 16.7 Å². The molecule has 2 aliphatic rings. The monoisotopic (exact) mass is 468 g/mol. The molecule has 2 N–H and O–H groups in total. The largest absolute Gasteiger partial charge is 0.368 e. The number of carbonyl (C=O) groups excluding carboxylic acids is 3. The molecule has 0 aliphatic carbocycles. The Morgan fingerprint density at radius 3 is 2.53 bits per heavy atom. The summed E-state index contributed by atoms with van der Waals surface area (Å²) in [4.78, 5) is 49.1. The van der Waals surface area contributed by atoms with Crippen molar-refractivity contribution in [2.75, 3.05) is 36.8 Å². The van der Waals surface area contributed by atoms with Gasteiger partial charge in [-0.05, 0) is 23.6 Å². The van der Waals surface area contributed by atoms with Crippen LogP contribution >= 0.6 is 23.1 Å². The number of piperazine rings is 1. The van der Waals surface area contributed by atoms with Crippen LogP contribution in [0.25, 0.3) is 0 Å². The lowest BCUT2D eigenvalue weighted by atomic mass is 10.2. The summed E-state index contributed by atoms with van der Waals surface area (Å²) in [5, 5.41) is 12.4. The number of nitrogens with one attached hydrogen (secondary N) is 2. The third kappa shape index (κ3) is 5.11. The smallest absolute Gasteiger partial charge is 0.287 e. The van der Waals surface area contributed by atoms with Gasteiger partial charge < -0.3 is 9.80 Å². The lowest BCUT2D eigenvalue weighted by Crippen LogP contribution is -2.49. The molecule has 3 amide bonds. The summed E-state index contributed by atoms with van der Waals surface area (Å²) in [7, 11) is 0. The molecular formula is C21H20N6O3S2. The fraction of sp³-hybridized carbons (Fsp3) is 0.238. The zero-order valence-electron chi connectivity index (χ0n) is 17.0. The molecule has 3 heterocycles. The predicted molar refractivity (Wildman–Crippen MR) is 127 cm³/mol. The van der Waals surface area contributed by atoms with Crippen molar-refractivity contribution in [1.29, 1.82) is 5.41 Å². The van der Waals surface area contributed by atoms with E-state index in [0.29, 0.717) is 18.0 Å². The number of anilines is 1. The molecule has 2 aliphatic heterocycles. The highest BCUT2D eigenvalue weighted by molar-refractivity contribution is 8.14. The molecule has 1 aromatic carbocycles. The molecule has 0 spiro atoms. The standard InChI is InChI=1S/C21H20N6O3S2/c22-18-17(23-19(29)15-7-4-12-31-15)20(30)25-21(24-18)32-13-16(28)27-10-8-26(9-11-27)14-5-2-1-3-6-14/h1-7,12H,8-11,13H2,(H2,22,24,25,30). The van der Waals surface area contributed by atoms with E-state index in [2.05, 4.69) is 32.3 Å². The fourth-order valence-electron chi connectivity index (χ4n) is 3.25. The van der Waals surface area contributed by atoms with Gasteiger partial charge in [-0.15, -0.1) is 11.3 Å². The van der Waals surface area contributed by atoms with E-state index in [9.17, 15) is 14.4 Å². The van der Waals surface area contributed by atoms with Crippen molar-refractivity contribution in [2.24, 2.45) is 9.98 Å². The van der Waals surface area contributed by atoms with Crippen LogP contribution in [-0.4, -0.2) is 71.3 Å². The molecule has 32 heavy (non-hydrogen) atoms. The molecule has 1 aromatic heterocycles. The Morgan fingerprint density at radius 1 is 1.12 bits per heavy atom. The summed E-state index contributed by atoms with van der Waals surface area (Å²) in [6, 6.07) is 13.4. The van der Waals surface area contributed by atoms with E-state index >= 15 is 0 Å². The van der Waals surface area contributed by atoms with Gasteiger partial charge in [-0.25, -0.2) is 4.99 Å². The van der Waals surface area contributed by atoms with Gasteiger partial charge in [0.2, 0.25) is 5.91 Å². The summed E-state index contributed by atoms with van der Waals surface area (Å²) in [5.74, 6) is -1.63. The van der Waals surface area contributed by atoms with Crippen molar-refractivity contribution in [1.82, 2.24) is 10.2 Å². The number of amidine groups is 2. The molecule has 164 valence electrons. The molecule has 0 atom stereocenters. The maximum atomic E-state index is 12.6. The maximum Gasteiger partial charge on any atom is 0.287 e. The SMILES string of the molecule is N=C1N=C(SCC(=O)N2CCN(c3ccccc3)CC2)NC(=O)C1=NC(=O)c1cccs1. The van der Waals surface area contributed by atoms with E-state index in [0.717, 1.165) is 30.5 Å². The van der Waals surface area contributed by atoms with E-state index in [1.54, 1.807) is 22.4 Å². The van der Waals surface area contributed by atoms with Crippen molar-refractivity contribution in [3.8, 4) is 0 Å². The van der Waals surface area contributed by atoms with Crippen LogP contribution in [0, 0.1) is 5.41 Å². The average molecular weight is 469 g/mol. The Bertz CT molecular complexity index is 1090. The van der Waals surface area contributed by atoms with Gasteiger partial charge in [0, 0.05) is 31.9 Å². The highest BCUT2D eigenvalue weighted by Crippen LogP contribution is 2.17. The molecule has 4 rings (SSSR count). The zero-order chi connectivity index (χ0) is 22.5. The zero-order valence-corrected chi connectivity index (χ0v) is 18.6. The summed E-state index contributed by atoms with van der Waals surface area (Å²) in [5.41, 5.74) is 0.804. The quantitative estimate of drug-likeness (QED) is 0.710. The second-order valence-corrected chi connectivity index (χ2v) is 8.87. The van der Waals surface area contributed by atoms with E-state index in [1.807, 2.05) is 18.2 Å². The number of hydrogen-bond donors (Lipinski definition) is 2. The molecule has 0 saturated carbocycles. The molecule has 11 heteroatoms. The summed E-state index contributed by atoms with van der Waals surface area (Å²) in [6.45, 7) is 2.73. The summed E-state index contributed by atoms with van der Waals surface area (Å²) < 4.78 is 0. The molecule has 9 nitrogen and oxygen atoms in total. The van der Waals surface area contributed by atoms with Crippen molar-refractivity contribution < 1.29 is 14.4 Å². The van der Waals surface area contributed by atoms with Gasteiger partial charge in [0.25, 0.3) is 11.8 Å². The minimum Gasteiger partial charge on any atom is -0.368 e. The number of aliphatic imine (C=N–C) groups is 2. The number of benzene rings is 1. The second-order valence-electron chi connectivity index (χ2n) is 6.95. The minimum absolute atomic E-state index is 0.0569. The van der Waals surface area contributed by atoms with Crippen LogP contribution in [0.4, 0.5) is 5.69 Å². The molecule has 1 fully saturated rings. The number of carbonyl (C=O) groups is 3. The molecule has 2 aromatic rings. The first kappa shape index (κ1) is 21.9. The Balaban J connectivity index is 1.30. The topological polar surface area (TPSA) is 118 Å². The first-order chi connectivity index (χ1) is 15.5. The lowest BCUT2D eigenvalue weighted by Gasteiger charge is -2.36. The van der Waals surface area contributed by atoms with Crippen LogP contribution < -0.4 is 10.2 Å². The molecule has 0 bridgehead atoms. The van der Waals surface area contributed by atoms with Gasteiger partial charge in [-0.3, -0.25) is 25.1 Å². The van der Waals surface area contributed by atoms with Crippen LogP contribution in [-0.2, 0) is 9.59 Å². The lowest BCUT2D eigenvalue weighted by molar-refractivity contribution is -0.128. The molecule has 0 unspecified atom stereocenters. The molecular weight excluding hydrogens is 448 g/mol. The van der Waals surface area contributed by atoms with Crippen LogP contribution in [0.5, 0.6) is 0 Å². The first-order valence-corrected chi connectivity index (χ1v) is 11.7. The van der Waals surface area contributed by atoms with Crippen LogP contribution in [0.3, 0.4) is 0 Å². The predicted octanol–water partition coefficient (Wildman–Crippen LogP) is 1.87. The maximum absolute atomic E-state index is 12.6. The number of thiophene rings is 1. The van der Waals surface area contributed by atoms with E-state index in [1.165, 1.54) is 11.3 Å². The normalized spacial score (nSPS) is 17.9. The third-order valence-electron chi connectivity index (χ3n) is 4.90. The average Bonchev–Trinajstić information content (AvgIpc) is 3.36. The Labute approximate surface area is 192 Å². The summed E-state index contributed by atoms with van der Waals surface area (Å²) >= 11 is 2.26. The Morgan fingerprint density at radius 2 is 1.88 bits per heavy atom. The number of thioether (sulfide) groups is 1. The van der Waals surface area contributed by atoms with Crippen molar-refractivity contribution in [3.05, 3.63) is 52.7 Å². The van der Waals surface area contributed by atoms with Gasteiger partial charge in [0.1, 0.15) is 0 Å². The van der Waals surface area contributed by atoms with Crippen molar-refractivity contribution in [2.45, 2.75) is 0 Å². The number of para-hydroxylation sites is 1. The van der Waals surface area contributed by atoms with E-state index in [4.69, 9.17) is 5.41 Å². The third-order valence-corrected chi connectivity index (χ3v) is 6.62. The van der Waals surface area contributed by atoms with Gasteiger partial charge in [-0.2, -0.15) is 4.99 Å². The highest BCUT2D eigenvalue weighted by atomic mass is 32.2. The minimum atomic E-state index is -0.679. The highest BCUT2D eigenvalue weighted by Gasteiger charge is 2.27. The van der Waals surface area contributed by atoms with E-state index in [-0.39, 0.29) is 22.5 Å². The fourth-order valence-corrected chi connectivity index (χ4v) is 4.62. The number of hydrogen-bond acceptors (Lipinski definition) is 7. The van der Waals surface area contributed by atoms with Gasteiger partial charge in [0.05, 0.1) is 10.6 Å². The van der Waals surface area contributed by atoms with Gasteiger partial charge >= 0.3 is 0 Å². The van der Waals surface area contributed by atoms with Crippen LogP contribution in [0.1, 0.15) is 9.67 Å². The van der Waals surface area contributed by atoms with Gasteiger partial charge in [-0.1, -0.05) is 36.0 Å². The van der Waals surface area contributed by atoms with Crippen LogP contribution in [0.2, 0.25) is 0 Å². The number of amides is 3. The number of nitrogens with zero attached hydrogens (tertiary/aromatic N) is 4. The number of rotatable bonds is 4. The molecule has 1 saturated heterocycles. The molecule has 0 radical (unpaired) electrons. The van der Waals surface area contributed by atoms with Crippen molar-refractivity contribution >= 4 is 63.2 Å². The van der Waals surface area contributed by atoms with Crippen molar-refractivity contribution in [3.63, 3.8) is 0 Å². The first-order valence-electron chi connectivity index (χ1n) is 9.87. The Hall–Kier alpha value is -3.31. The Kier molecular flexibility index (Phi) is 6.76. The second kappa shape index (κ2) is 9.88. The van der Waals surface area contributed by atoms with E-state index < -0.39 is 17.6 Å².